The number of amides is 1. The van der Waals surface area contributed by atoms with E-state index in [1.165, 1.54) is 23.5 Å². The van der Waals surface area contributed by atoms with Crippen molar-refractivity contribution in [1.82, 2.24) is 4.98 Å². The monoisotopic (exact) mass is 338 g/mol. The number of nitrogens with zero attached hydrogens (tertiary/aromatic N) is 1. The lowest BCUT2D eigenvalue weighted by Crippen LogP contribution is -2.17. The van der Waals surface area contributed by atoms with Gasteiger partial charge in [-0.3, -0.25) is 10.1 Å². The third-order valence-electron chi connectivity index (χ3n) is 3.29. The van der Waals surface area contributed by atoms with Crippen molar-refractivity contribution >= 4 is 32.2 Å². The second-order valence-corrected chi connectivity index (χ2v) is 8.18. The largest absolute Gasteiger partial charge is 0.298 e. The molecular weight excluding hydrogens is 320 g/mol. The molecule has 0 unspecified atom stereocenters. The van der Waals surface area contributed by atoms with E-state index in [1.807, 2.05) is 13.8 Å². The number of hydrogen-bond donors (Lipinski definition) is 1. The summed E-state index contributed by atoms with van der Waals surface area (Å²) >= 11 is 1.39. The molecule has 0 atom stereocenters. The zero-order chi connectivity index (χ0) is 16.3. The van der Waals surface area contributed by atoms with Gasteiger partial charge in [0.25, 0.3) is 5.91 Å². The van der Waals surface area contributed by atoms with Gasteiger partial charge in [0.05, 0.1) is 21.9 Å². The van der Waals surface area contributed by atoms with Crippen molar-refractivity contribution in [2.45, 2.75) is 32.1 Å². The molecule has 1 aromatic heterocycles. The molecule has 0 spiro atoms. The summed E-state index contributed by atoms with van der Waals surface area (Å²) in [6.45, 7) is 5.50. The number of aryl methyl sites for hydroxylation is 2. The summed E-state index contributed by atoms with van der Waals surface area (Å²) in [6.07, 6.45) is 0.791. The summed E-state index contributed by atoms with van der Waals surface area (Å²) in [5.74, 6) is -0.503. The standard InChI is InChI=1S/C15H18N2O3S2/c1-4-12-10(3)21-15(16-12)17-14(18)11-8-6-7-9-13(11)22(19,20)5-2/h6-9H,4-5H2,1-3H3,(H,16,17,18). The molecule has 118 valence electrons. The van der Waals surface area contributed by atoms with Crippen LogP contribution in [0.25, 0.3) is 0 Å². The SMILES string of the molecule is CCc1nc(NC(=O)c2ccccc2S(=O)(=O)CC)sc1C. The molecule has 0 radical (unpaired) electrons. The van der Waals surface area contributed by atoms with Crippen LogP contribution in [0, 0.1) is 6.92 Å². The van der Waals surface area contributed by atoms with E-state index in [0.717, 1.165) is 17.0 Å². The number of aromatic nitrogens is 1. The highest BCUT2D eigenvalue weighted by Gasteiger charge is 2.21. The minimum absolute atomic E-state index is 0.0480. The summed E-state index contributed by atoms with van der Waals surface area (Å²) in [7, 11) is -3.45. The van der Waals surface area contributed by atoms with Crippen LogP contribution in [0.3, 0.4) is 0 Å². The van der Waals surface area contributed by atoms with E-state index in [2.05, 4.69) is 10.3 Å². The molecule has 0 aliphatic heterocycles. The van der Waals surface area contributed by atoms with Gasteiger partial charge in [-0.05, 0) is 25.5 Å². The number of carbonyl (C=O) groups excluding carboxylic acids is 1. The topological polar surface area (TPSA) is 76.1 Å². The lowest BCUT2D eigenvalue weighted by Gasteiger charge is -2.08. The van der Waals surface area contributed by atoms with Gasteiger partial charge in [0.15, 0.2) is 15.0 Å². The highest BCUT2D eigenvalue weighted by molar-refractivity contribution is 7.91. The van der Waals surface area contributed by atoms with E-state index in [0.29, 0.717) is 5.13 Å². The number of rotatable bonds is 5. The molecule has 0 aliphatic rings. The fourth-order valence-corrected chi connectivity index (χ4v) is 4.04. The van der Waals surface area contributed by atoms with Gasteiger partial charge in [0, 0.05) is 4.88 Å². The highest BCUT2D eigenvalue weighted by Crippen LogP contribution is 2.24. The van der Waals surface area contributed by atoms with Crippen LogP contribution in [0.15, 0.2) is 29.2 Å². The van der Waals surface area contributed by atoms with Crippen LogP contribution < -0.4 is 5.32 Å². The first kappa shape index (κ1) is 16.6. The number of carbonyl (C=O) groups is 1. The minimum atomic E-state index is -3.45. The second kappa shape index (κ2) is 6.58. The van der Waals surface area contributed by atoms with Crippen molar-refractivity contribution in [3.63, 3.8) is 0 Å². The minimum Gasteiger partial charge on any atom is -0.298 e. The smallest absolute Gasteiger partial charge is 0.258 e. The zero-order valence-corrected chi connectivity index (χ0v) is 14.3. The van der Waals surface area contributed by atoms with E-state index < -0.39 is 15.7 Å². The summed E-state index contributed by atoms with van der Waals surface area (Å²) in [5, 5.41) is 3.18. The molecule has 0 saturated heterocycles. The van der Waals surface area contributed by atoms with Crippen LogP contribution in [0.4, 0.5) is 5.13 Å². The molecule has 22 heavy (non-hydrogen) atoms. The number of nitrogens with one attached hydrogen (secondary N) is 1. The maximum Gasteiger partial charge on any atom is 0.258 e. The van der Waals surface area contributed by atoms with Crippen molar-refractivity contribution < 1.29 is 13.2 Å². The van der Waals surface area contributed by atoms with E-state index in [-0.39, 0.29) is 16.2 Å². The molecule has 1 amide bonds. The van der Waals surface area contributed by atoms with Crippen molar-refractivity contribution in [3.8, 4) is 0 Å². The van der Waals surface area contributed by atoms with E-state index in [1.54, 1.807) is 19.1 Å². The van der Waals surface area contributed by atoms with Crippen LogP contribution >= 0.6 is 11.3 Å². The Balaban J connectivity index is 2.34. The predicted octanol–water partition coefficient (Wildman–Crippen LogP) is 3.06. The van der Waals surface area contributed by atoms with Gasteiger partial charge in [-0.1, -0.05) is 26.0 Å². The lowest BCUT2D eigenvalue weighted by molar-refractivity contribution is 0.102. The Morgan fingerprint density at radius 1 is 1.27 bits per heavy atom. The van der Waals surface area contributed by atoms with Gasteiger partial charge in [-0.25, -0.2) is 13.4 Å². The third-order valence-corrected chi connectivity index (χ3v) is 6.01. The number of thiazole rings is 1. The van der Waals surface area contributed by atoms with Gasteiger partial charge in [-0.15, -0.1) is 11.3 Å². The Morgan fingerprint density at radius 2 is 1.95 bits per heavy atom. The first-order valence-electron chi connectivity index (χ1n) is 6.98. The van der Waals surface area contributed by atoms with Crippen LogP contribution in [-0.4, -0.2) is 25.1 Å². The van der Waals surface area contributed by atoms with Crippen LogP contribution in [0.2, 0.25) is 0 Å². The van der Waals surface area contributed by atoms with Crippen molar-refractivity contribution in [1.29, 1.82) is 0 Å². The molecule has 1 aromatic carbocycles. The van der Waals surface area contributed by atoms with E-state index in [9.17, 15) is 13.2 Å². The van der Waals surface area contributed by atoms with Gasteiger partial charge < -0.3 is 0 Å². The zero-order valence-electron chi connectivity index (χ0n) is 12.7. The first-order valence-corrected chi connectivity index (χ1v) is 9.45. The molecule has 2 aromatic rings. The van der Waals surface area contributed by atoms with Gasteiger partial charge in [0.1, 0.15) is 0 Å². The van der Waals surface area contributed by atoms with Crippen LogP contribution in [0.5, 0.6) is 0 Å². The number of benzene rings is 1. The van der Waals surface area contributed by atoms with Crippen LogP contribution in [-0.2, 0) is 16.3 Å². The fraction of sp³-hybridized carbons (Fsp3) is 0.333. The van der Waals surface area contributed by atoms with Gasteiger partial charge in [-0.2, -0.15) is 0 Å². The van der Waals surface area contributed by atoms with Gasteiger partial charge >= 0.3 is 0 Å². The van der Waals surface area contributed by atoms with E-state index in [4.69, 9.17) is 0 Å². The maximum atomic E-state index is 12.4. The Bertz CT molecular complexity index is 795. The first-order chi connectivity index (χ1) is 10.4. The molecule has 0 saturated carbocycles. The Kier molecular flexibility index (Phi) is 4.97. The molecule has 0 aliphatic carbocycles. The van der Waals surface area contributed by atoms with Gasteiger partial charge in [0.2, 0.25) is 0 Å². The molecule has 5 nitrogen and oxygen atoms in total. The predicted molar refractivity (Wildman–Crippen MR) is 88.4 cm³/mol. The quantitative estimate of drug-likeness (QED) is 0.909. The molecule has 7 heteroatoms. The Hall–Kier alpha value is -1.73. The summed E-state index contributed by atoms with van der Waals surface area (Å²) < 4.78 is 24.2. The van der Waals surface area contributed by atoms with Crippen molar-refractivity contribution in [2.24, 2.45) is 0 Å². The van der Waals surface area contributed by atoms with E-state index >= 15 is 0 Å². The molecule has 1 N–H and O–H groups in total. The molecule has 0 fully saturated rings. The lowest BCUT2D eigenvalue weighted by atomic mass is 10.2. The highest BCUT2D eigenvalue weighted by atomic mass is 32.2. The number of anilines is 1. The Labute approximate surface area is 134 Å². The van der Waals surface area contributed by atoms with Crippen LogP contribution in [0.1, 0.15) is 34.8 Å². The number of hydrogen-bond acceptors (Lipinski definition) is 5. The van der Waals surface area contributed by atoms with Crippen molar-refractivity contribution in [3.05, 3.63) is 40.4 Å². The summed E-state index contributed by atoms with van der Waals surface area (Å²) in [5.41, 5.74) is 1.09. The normalized spacial score (nSPS) is 11.4. The number of sulfone groups is 1. The molecular formula is C15H18N2O3S2. The molecule has 1 heterocycles. The average molecular weight is 338 g/mol. The Morgan fingerprint density at radius 3 is 2.55 bits per heavy atom. The molecule has 0 bridgehead atoms. The van der Waals surface area contributed by atoms with Crippen molar-refractivity contribution in [2.75, 3.05) is 11.1 Å². The average Bonchev–Trinajstić information content (AvgIpc) is 2.86. The third kappa shape index (κ3) is 3.36. The fourth-order valence-electron chi connectivity index (χ4n) is 2.05. The maximum absolute atomic E-state index is 12.4. The summed E-state index contributed by atoms with van der Waals surface area (Å²) in [4.78, 5) is 17.8. The summed E-state index contributed by atoms with van der Waals surface area (Å²) in [6, 6.07) is 6.23. The second-order valence-electron chi connectivity index (χ2n) is 4.73. The molecule has 2 rings (SSSR count).